The number of aromatic carboxylic acids is 1. The van der Waals surface area contributed by atoms with Gasteiger partial charge in [-0.05, 0) is 46.7 Å². The fraction of sp³-hybridized carbons (Fsp3) is 0.143. The highest BCUT2D eigenvalue weighted by molar-refractivity contribution is 6.11. The lowest BCUT2D eigenvalue weighted by Crippen LogP contribution is -2.33. The molecule has 0 unspecified atom stereocenters. The second-order valence-electron chi connectivity index (χ2n) is 8.61. The van der Waals surface area contributed by atoms with E-state index in [9.17, 15) is 24.3 Å². The van der Waals surface area contributed by atoms with E-state index in [0.717, 1.165) is 16.3 Å². The summed E-state index contributed by atoms with van der Waals surface area (Å²) in [5, 5.41) is 11.7. The summed E-state index contributed by atoms with van der Waals surface area (Å²) in [6.45, 7) is 0.0469. The molecule has 0 radical (unpaired) electrons. The summed E-state index contributed by atoms with van der Waals surface area (Å²) in [6, 6.07) is 19.0. The lowest BCUT2D eigenvalue weighted by atomic mass is 10.0. The number of carbonyl (C=O) groups excluding carboxylic acids is 3. The molecule has 0 atom stereocenters. The van der Waals surface area contributed by atoms with Gasteiger partial charge in [-0.3, -0.25) is 14.4 Å². The molecule has 1 aromatic heterocycles. The molecule has 0 aliphatic carbocycles. The molecule has 0 aliphatic heterocycles. The van der Waals surface area contributed by atoms with Gasteiger partial charge in [-0.1, -0.05) is 36.4 Å². The molecule has 186 valence electrons. The minimum atomic E-state index is -1.25. The van der Waals surface area contributed by atoms with Crippen molar-refractivity contribution in [1.82, 2.24) is 14.9 Å². The Hall–Kier alpha value is -4.92. The largest absolute Gasteiger partial charge is 0.478 e. The second-order valence-corrected chi connectivity index (χ2v) is 8.61. The summed E-state index contributed by atoms with van der Waals surface area (Å²) in [7, 11) is 3.10. The monoisotopic (exact) mass is 496 g/mol. The Morgan fingerprint density at radius 1 is 0.811 bits per heavy atom. The van der Waals surface area contributed by atoms with Gasteiger partial charge in [0.2, 0.25) is 11.7 Å². The third-order valence-electron chi connectivity index (χ3n) is 5.71. The highest BCUT2D eigenvalue weighted by Gasteiger charge is 2.24. The highest BCUT2D eigenvalue weighted by Crippen LogP contribution is 2.25. The quantitative estimate of drug-likeness (QED) is 0.291. The van der Waals surface area contributed by atoms with E-state index in [0.29, 0.717) is 0 Å². The van der Waals surface area contributed by atoms with Gasteiger partial charge in [0.1, 0.15) is 0 Å². The summed E-state index contributed by atoms with van der Waals surface area (Å²) >= 11 is 0. The Kier molecular flexibility index (Phi) is 7.34. The lowest BCUT2D eigenvalue weighted by molar-refractivity contribution is -0.117. The molecule has 1 heterocycles. The first kappa shape index (κ1) is 25.2. The minimum Gasteiger partial charge on any atom is -0.478 e. The number of benzene rings is 3. The predicted octanol–water partition coefficient (Wildman–Crippen LogP) is 3.84. The number of ketones is 1. The molecule has 2 amide bonds. The van der Waals surface area contributed by atoms with E-state index in [-0.39, 0.29) is 29.2 Å². The highest BCUT2D eigenvalue weighted by atomic mass is 16.4. The number of carbonyl (C=O) groups is 4. The van der Waals surface area contributed by atoms with E-state index in [4.69, 9.17) is 0 Å². The van der Waals surface area contributed by atoms with Crippen molar-refractivity contribution in [3.63, 3.8) is 0 Å². The molecule has 0 bridgehead atoms. The van der Waals surface area contributed by atoms with Crippen molar-refractivity contribution in [3.8, 4) is 0 Å². The molecular weight excluding hydrogens is 472 g/mol. The Labute approximate surface area is 213 Å². The standard InChI is InChI=1S/C28H24N4O5/c1-31(2)27(35)21-13-22(28(36)37)15-23(14-21)32(25(34)16-24(33)26-29-10-5-11-30-26)17-18-8-9-19-6-3-4-7-20(19)12-18/h3-15H,16-17H2,1-2H3,(H,36,37). The molecule has 0 spiro atoms. The third-order valence-corrected chi connectivity index (χ3v) is 5.71. The van der Waals surface area contributed by atoms with Crippen LogP contribution in [0.4, 0.5) is 5.69 Å². The Morgan fingerprint density at radius 3 is 2.16 bits per heavy atom. The number of carboxylic acids is 1. The molecule has 4 rings (SSSR count). The molecule has 4 aromatic rings. The first-order chi connectivity index (χ1) is 17.7. The zero-order chi connectivity index (χ0) is 26.5. The van der Waals surface area contributed by atoms with Gasteiger partial charge in [0.05, 0.1) is 18.5 Å². The number of carboxylic acid groups (broad SMARTS) is 1. The average Bonchev–Trinajstić information content (AvgIpc) is 2.91. The molecule has 9 nitrogen and oxygen atoms in total. The average molecular weight is 497 g/mol. The van der Waals surface area contributed by atoms with Crippen LogP contribution in [-0.4, -0.2) is 57.6 Å². The maximum absolute atomic E-state index is 13.5. The van der Waals surface area contributed by atoms with Gasteiger partial charge in [-0.15, -0.1) is 0 Å². The molecule has 3 aromatic carbocycles. The molecule has 0 fully saturated rings. The van der Waals surface area contributed by atoms with Crippen LogP contribution in [0, 0.1) is 0 Å². The van der Waals surface area contributed by atoms with Crippen LogP contribution in [0.5, 0.6) is 0 Å². The Balaban J connectivity index is 1.77. The van der Waals surface area contributed by atoms with Crippen molar-refractivity contribution in [1.29, 1.82) is 0 Å². The second kappa shape index (κ2) is 10.8. The van der Waals surface area contributed by atoms with Crippen LogP contribution in [0.2, 0.25) is 0 Å². The summed E-state index contributed by atoms with van der Waals surface area (Å²) in [5.41, 5.74) is 0.896. The van der Waals surface area contributed by atoms with Crippen LogP contribution >= 0.6 is 0 Å². The number of fused-ring (bicyclic) bond motifs is 1. The van der Waals surface area contributed by atoms with Crippen LogP contribution in [0.3, 0.4) is 0 Å². The van der Waals surface area contributed by atoms with Gasteiger partial charge < -0.3 is 14.9 Å². The zero-order valence-corrected chi connectivity index (χ0v) is 20.3. The van der Waals surface area contributed by atoms with Crippen molar-refractivity contribution in [2.24, 2.45) is 0 Å². The number of rotatable bonds is 8. The number of nitrogens with zero attached hydrogens (tertiary/aromatic N) is 4. The lowest BCUT2D eigenvalue weighted by Gasteiger charge is -2.24. The van der Waals surface area contributed by atoms with E-state index >= 15 is 0 Å². The maximum atomic E-state index is 13.5. The van der Waals surface area contributed by atoms with Crippen LogP contribution in [-0.2, 0) is 11.3 Å². The fourth-order valence-corrected chi connectivity index (χ4v) is 3.87. The molecule has 0 saturated carbocycles. The van der Waals surface area contributed by atoms with Crippen LogP contribution in [0.15, 0.2) is 79.1 Å². The smallest absolute Gasteiger partial charge is 0.335 e. The van der Waals surface area contributed by atoms with E-state index in [1.165, 1.54) is 40.4 Å². The van der Waals surface area contributed by atoms with Gasteiger partial charge >= 0.3 is 5.97 Å². The summed E-state index contributed by atoms with van der Waals surface area (Å²) in [6.07, 6.45) is 2.28. The van der Waals surface area contributed by atoms with Crippen LogP contribution < -0.4 is 4.90 Å². The summed E-state index contributed by atoms with van der Waals surface area (Å²) in [5.74, 6) is -2.92. The minimum absolute atomic E-state index is 0.0469. The number of hydrogen-bond acceptors (Lipinski definition) is 6. The molecule has 9 heteroatoms. The first-order valence-electron chi connectivity index (χ1n) is 11.4. The summed E-state index contributed by atoms with van der Waals surface area (Å²) in [4.78, 5) is 61.2. The third kappa shape index (κ3) is 5.84. The predicted molar refractivity (Wildman–Crippen MR) is 138 cm³/mol. The number of amides is 2. The SMILES string of the molecule is CN(C)C(=O)c1cc(C(=O)O)cc(N(Cc2ccc3ccccc3c2)C(=O)CC(=O)c2ncccn2)c1. The number of Topliss-reactive ketones (excluding diaryl/α,β-unsaturated/α-hetero) is 1. The number of aromatic nitrogens is 2. The molecular formula is C28H24N4O5. The topological polar surface area (TPSA) is 121 Å². The fourth-order valence-electron chi connectivity index (χ4n) is 3.87. The molecule has 0 saturated heterocycles. The van der Waals surface area contributed by atoms with Crippen molar-refractivity contribution >= 4 is 40.0 Å². The van der Waals surface area contributed by atoms with Crippen molar-refractivity contribution < 1.29 is 24.3 Å². The van der Waals surface area contributed by atoms with E-state index in [1.54, 1.807) is 20.2 Å². The van der Waals surface area contributed by atoms with Gasteiger partial charge in [0, 0.05) is 37.7 Å². The normalized spacial score (nSPS) is 10.6. The van der Waals surface area contributed by atoms with Gasteiger partial charge in [0.15, 0.2) is 5.82 Å². The molecule has 1 N–H and O–H groups in total. The van der Waals surface area contributed by atoms with Crippen LogP contribution in [0.1, 0.15) is 43.3 Å². The van der Waals surface area contributed by atoms with E-state index in [2.05, 4.69) is 9.97 Å². The van der Waals surface area contributed by atoms with E-state index in [1.807, 2.05) is 42.5 Å². The number of anilines is 1. The van der Waals surface area contributed by atoms with Crippen molar-refractivity contribution in [2.75, 3.05) is 19.0 Å². The first-order valence-corrected chi connectivity index (χ1v) is 11.4. The van der Waals surface area contributed by atoms with E-state index < -0.39 is 30.0 Å². The van der Waals surface area contributed by atoms with Crippen molar-refractivity contribution in [3.05, 3.63) is 102 Å². The molecule has 0 aliphatic rings. The summed E-state index contributed by atoms with van der Waals surface area (Å²) < 4.78 is 0. The van der Waals surface area contributed by atoms with Gasteiger partial charge in [-0.25, -0.2) is 14.8 Å². The van der Waals surface area contributed by atoms with Gasteiger partial charge in [-0.2, -0.15) is 0 Å². The maximum Gasteiger partial charge on any atom is 0.335 e. The van der Waals surface area contributed by atoms with Crippen molar-refractivity contribution in [2.45, 2.75) is 13.0 Å². The zero-order valence-electron chi connectivity index (χ0n) is 20.3. The Bertz CT molecular complexity index is 1500. The Morgan fingerprint density at radius 2 is 1.49 bits per heavy atom. The number of hydrogen-bond donors (Lipinski definition) is 1. The van der Waals surface area contributed by atoms with Crippen LogP contribution in [0.25, 0.3) is 10.8 Å². The van der Waals surface area contributed by atoms with Gasteiger partial charge in [0.25, 0.3) is 5.91 Å². The molecule has 37 heavy (non-hydrogen) atoms.